The third-order valence-electron chi connectivity index (χ3n) is 4.58. The Hall–Kier alpha value is -2.61. The van der Waals surface area contributed by atoms with Gasteiger partial charge in [-0.05, 0) is 24.6 Å². The maximum atomic E-state index is 12.6. The molecule has 1 aliphatic heterocycles. The summed E-state index contributed by atoms with van der Waals surface area (Å²) in [4.78, 5) is 25.1. The van der Waals surface area contributed by atoms with Gasteiger partial charge in [0.1, 0.15) is 0 Å². The van der Waals surface area contributed by atoms with Crippen LogP contribution in [0.4, 0.5) is 0 Å². The van der Waals surface area contributed by atoms with Crippen molar-refractivity contribution in [3.05, 3.63) is 46.6 Å². The maximum Gasteiger partial charge on any atom is 0.228 e. The van der Waals surface area contributed by atoms with Gasteiger partial charge in [-0.3, -0.25) is 9.79 Å². The molecule has 28 heavy (non-hydrogen) atoms. The SMILES string of the molecule is CN=C(NCCc1nc(C)no1)N1CCN(C(=O)Cc2cccc(Cl)c2)CC1. The van der Waals surface area contributed by atoms with E-state index in [1.165, 1.54) is 0 Å². The lowest BCUT2D eigenvalue weighted by Gasteiger charge is -2.36. The average Bonchev–Trinajstić information content (AvgIpc) is 3.10. The van der Waals surface area contributed by atoms with E-state index in [1.54, 1.807) is 14.0 Å². The molecule has 0 atom stereocenters. The number of piperazine rings is 1. The molecule has 0 radical (unpaired) electrons. The van der Waals surface area contributed by atoms with Gasteiger partial charge in [0.05, 0.1) is 6.42 Å². The van der Waals surface area contributed by atoms with Gasteiger partial charge in [0.2, 0.25) is 11.8 Å². The van der Waals surface area contributed by atoms with E-state index in [4.69, 9.17) is 16.1 Å². The summed E-state index contributed by atoms with van der Waals surface area (Å²) in [5, 5.41) is 7.76. The minimum atomic E-state index is 0.122. The molecule has 0 bridgehead atoms. The number of benzene rings is 1. The molecule has 1 aliphatic rings. The molecule has 8 nitrogen and oxygen atoms in total. The second kappa shape index (κ2) is 9.54. The van der Waals surface area contributed by atoms with Crippen LogP contribution in [0.15, 0.2) is 33.8 Å². The summed E-state index contributed by atoms with van der Waals surface area (Å²) >= 11 is 6.00. The molecule has 2 heterocycles. The number of aromatic nitrogens is 2. The fraction of sp³-hybridized carbons (Fsp3) is 0.474. The molecule has 1 aromatic heterocycles. The van der Waals surface area contributed by atoms with Crippen molar-refractivity contribution in [2.75, 3.05) is 39.8 Å². The van der Waals surface area contributed by atoms with E-state index in [0.717, 1.165) is 24.6 Å². The number of nitrogens with one attached hydrogen (secondary N) is 1. The van der Waals surface area contributed by atoms with Crippen LogP contribution in [0.25, 0.3) is 0 Å². The van der Waals surface area contributed by atoms with Gasteiger partial charge in [0.15, 0.2) is 11.8 Å². The van der Waals surface area contributed by atoms with Gasteiger partial charge < -0.3 is 19.6 Å². The minimum absolute atomic E-state index is 0.122. The van der Waals surface area contributed by atoms with E-state index in [9.17, 15) is 4.79 Å². The van der Waals surface area contributed by atoms with Crippen molar-refractivity contribution in [3.63, 3.8) is 0 Å². The van der Waals surface area contributed by atoms with Crippen LogP contribution in [-0.4, -0.2) is 71.6 Å². The third kappa shape index (κ3) is 5.45. The third-order valence-corrected chi connectivity index (χ3v) is 4.81. The van der Waals surface area contributed by atoms with E-state index in [0.29, 0.717) is 49.2 Å². The Bertz CT molecular complexity index is 829. The first-order valence-corrected chi connectivity index (χ1v) is 9.70. The molecule has 1 fully saturated rings. The lowest BCUT2D eigenvalue weighted by Crippen LogP contribution is -2.54. The monoisotopic (exact) mass is 404 g/mol. The summed E-state index contributed by atoms with van der Waals surface area (Å²) in [6.45, 7) is 5.27. The standard InChI is InChI=1S/C19H25ClN6O2/c1-14-23-17(28-24-14)6-7-22-19(21-2)26-10-8-25(9-11-26)18(27)13-15-4-3-5-16(20)12-15/h3-5,12H,6-11,13H2,1-2H3,(H,21,22). The van der Waals surface area contributed by atoms with Gasteiger partial charge in [-0.2, -0.15) is 4.98 Å². The highest BCUT2D eigenvalue weighted by atomic mass is 35.5. The number of aryl methyl sites for hydroxylation is 1. The zero-order valence-electron chi connectivity index (χ0n) is 16.2. The minimum Gasteiger partial charge on any atom is -0.356 e. The number of carbonyl (C=O) groups excluding carboxylic acids is 1. The lowest BCUT2D eigenvalue weighted by molar-refractivity contribution is -0.131. The first-order valence-electron chi connectivity index (χ1n) is 9.32. The number of nitrogens with zero attached hydrogens (tertiary/aromatic N) is 5. The van der Waals surface area contributed by atoms with Crippen molar-refractivity contribution >= 4 is 23.5 Å². The molecule has 3 rings (SSSR count). The van der Waals surface area contributed by atoms with Gasteiger partial charge in [-0.15, -0.1) is 0 Å². The van der Waals surface area contributed by atoms with E-state index < -0.39 is 0 Å². The summed E-state index contributed by atoms with van der Waals surface area (Å²) in [5.74, 6) is 2.18. The van der Waals surface area contributed by atoms with E-state index >= 15 is 0 Å². The summed E-state index contributed by atoms with van der Waals surface area (Å²) in [6, 6.07) is 7.45. The Kier molecular flexibility index (Phi) is 6.86. The molecule has 0 saturated carbocycles. The van der Waals surface area contributed by atoms with Crippen LogP contribution >= 0.6 is 11.6 Å². The summed E-state index contributed by atoms with van der Waals surface area (Å²) < 4.78 is 5.11. The largest absolute Gasteiger partial charge is 0.356 e. The Balaban J connectivity index is 1.44. The molecular formula is C19H25ClN6O2. The average molecular weight is 405 g/mol. The summed E-state index contributed by atoms with van der Waals surface area (Å²) in [6.07, 6.45) is 1.01. The number of halogens is 1. The van der Waals surface area contributed by atoms with Crippen LogP contribution in [-0.2, 0) is 17.6 Å². The first kappa shape index (κ1) is 20.1. The molecule has 2 aromatic rings. The highest BCUT2D eigenvalue weighted by molar-refractivity contribution is 6.30. The molecular weight excluding hydrogens is 380 g/mol. The molecule has 1 N–H and O–H groups in total. The maximum absolute atomic E-state index is 12.6. The Morgan fingerprint density at radius 2 is 2.04 bits per heavy atom. The van der Waals surface area contributed by atoms with Gasteiger partial charge in [-0.1, -0.05) is 28.9 Å². The smallest absolute Gasteiger partial charge is 0.228 e. The fourth-order valence-electron chi connectivity index (χ4n) is 3.16. The van der Waals surface area contributed by atoms with Crippen LogP contribution in [0.3, 0.4) is 0 Å². The Morgan fingerprint density at radius 1 is 1.29 bits per heavy atom. The van der Waals surface area contributed by atoms with Crippen molar-refractivity contribution in [2.24, 2.45) is 4.99 Å². The number of carbonyl (C=O) groups is 1. The first-order chi connectivity index (χ1) is 13.5. The number of rotatable bonds is 5. The summed E-state index contributed by atoms with van der Waals surface area (Å²) in [5.41, 5.74) is 0.939. The fourth-order valence-corrected chi connectivity index (χ4v) is 3.37. The second-order valence-corrected chi connectivity index (χ2v) is 7.07. The number of hydrogen-bond donors (Lipinski definition) is 1. The molecule has 0 spiro atoms. The predicted octanol–water partition coefficient (Wildman–Crippen LogP) is 1.54. The van der Waals surface area contributed by atoms with Crippen molar-refractivity contribution < 1.29 is 9.32 Å². The van der Waals surface area contributed by atoms with Gasteiger partial charge in [-0.25, -0.2) is 0 Å². The van der Waals surface area contributed by atoms with Gasteiger partial charge >= 0.3 is 0 Å². The molecule has 150 valence electrons. The van der Waals surface area contributed by atoms with Crippen LogP contribution in [0.5, 0.6) is 0 Å². The van der Waals surface area contributed by atoms with Gasteiger partial charge in [0, 0.05) is 51.2 Å². The molecule has 9 heteroatoms. The lowest BCUT2D eigenvalue weighted by atomic mass is 10.1. The number of aliphatic imine (C=N–C) groups is 1. The second-order valence-electron chi connectivity index (χ2n) is 6.63. The normalized spacial score (nSPS) is 15.0. The quantitative estimate of drug-likeness (QED) is 0.600. The van der Waals surface area contributed by atoms with Crippen LogP contribution < -0.4 is 5.32 Å². The van der Waals surface area contributed by atoms with Crippen LogP contribution in [0.2, 0.25) is 5.02 Å². The predicted molar refractivity (Wildman–Crippen MR) is 107 cm³/mol. The summed E-state index contributed by atoms with van der Waals surface area (Å²) in [7, 11) is 1.76. The molecule has 1 saturated heterocycles. The van der Waals surface area contributed by atoms with Crippen molar-refractivity contribution in [2.45, 2.75) is 19.8 Å². The van der Waals surface area contributed by atoms with Crippen molar-refractivity contribution in [3.8, 4) is 0 Å². The van der Waals surface area contributed by atoms with E-state index in [-0.39, 0.29) is 5.91 Å². The highest BCUT2D eigenvalue weighted by Gasteiger charge is 2.23. The molecule has 1 amide bonds. The number of guanidine groups is 1. The van der Waals surface area contributed by atoms with Crippen LogP contribution in [0, 0.1) is 6.92 Å². The number of amides is 1. The highest BCUT2D eigenvalue weighted by Crippen LogP contribution is 2.13. The number of hydrogen-bond acceptors (Lipinski definition) is 5. The zero-order valence-corrected chi connectivity index (χ0v) is 16.9. The van der Waals surface area contributed by atoms with Gasteiger partial charge in [0.25, 0.3) is 0 Å². The topological polar surface area (TPSA) is 86.9 Å². The Labute approximate surface area is 169 Å². The Morgan fingerprint density at radius 3 is 2.68 bits per heavy atom. The van der Waals surface area contributed by atoms with E-state index in [2.05, 4.69) is 25.3 Å². The molecule has 0 aliphatic carbocycles. The molecule has 1 aromatic carbocycles. The van der Waals surface area contributed by atoms with Crippen LogP contribution in [0.1, 0.15) is 17.3 Å². The van der Waals surface area contributed by atoms with Crippen molar-refractivity contribution in [1.82, 2.24) is 25.3 Å². The zero-order chi connectivity index (χ0) is 19.9. The molecule has 0 unspecified atom stereocenters. The van der Waals surface area contributed by atoms with E-state index in [1.807, 2.05) is 29.2 Å². The van der Waals surface area contributed by atoms with Crippen molar-refractivity contribution in [1.29, 1.82) is 0 Å².